The molecule has 1 N–H and O–H groups in total. The number of aliphatic hydroxyl groups excluding tert-OH is 1. The molecule has 0 amide bonds. The summed E-state index contributed by atoms with van der Waals surface area (Å²) in [4.78, 5) is 0. The van der Waals surface area contributed by atoms with Crippen LogP contribution in [-0.4, -0.2) is 11.7 Å². The highest BCUT2D eigenvalue weighted by Gasteiger charge is 2.52. The molecular formula is C14H20O. The Hall–Kier alpha value is -0.820. The van der Waals surface area contributed by atoms with Gasteiger partial charge in [0, 0.05) is 6.61 Å². The van der Waals surface area contributed by atoms with Crippen LogP contribution in [0.15, 0.2) is 24.3 Å². The third-order valence-electron chi connectivity index (χ3n) is 3.99. The van der Waals surface area contributed by atoms with E-state index in [0.29, 0.717) is 18.4 Å². The van der Waals surface area contributed by atoms with Crippen LogP contribution in [0.4, 0.5) is 0 Å². The van der Waals surface area contributed by atoms with Gasteiger partial charge in [-0.2, -0.15) is 0 Å². The minimum absolute atomic E-state index is 0.185. The van der Waals surface area contributed by atoms with Crippen molar-refractivity contribution >= 4 is 0 Å². The van der Waals surface area contributed by atoms with Crippen LogP contribution < -0.4 is 0 Å². The molecule has 1 aromatic rings. The normalized spacial score (nSPS) is 31.3. The largest absolute Gasteiger partial charge is 0.396 e. The van der Waals surface area contributed by atoms with Crippen molar-refractivity contribution in [3.05, 3.63) is 35.4 Å². The molecule has 0 aliphatic heterocycles. The average Bonchev–Trinajstić information content (AvgIpc) is 2.92. The molecule has 1 fully saturated rings. The van der Waals surface area contributed by atoms with E-state index in [2.05, 4.69) is 45.0 Å². The van der Waals surface area contributed by atoms with E-state index in [4.69, 9.17) is 0 Å². The van der Waals surface area contributed by atoms with Gasteiger partial charge < -0.3 is 5.11 Å². The van der Waals surface area contributed by atoms with E-state index in [1.165, 1.54) is 17.5 Å². The lowest BCUT2D eigenvalue weighted by Gasteiger charge is -2.15. The van der Waals surface area contributed by atoms with Crippen molar-refractivity contribution in [3.63, 3.8) is 0 Å². The van der Waals surface area contributed by atoms with Crippen LogP contribution in [-0.2, 0) is 0 Å². The van der Waals surface area contributed by atoms with E-state index >= 15 is 0 Å². The molecule has 1 aliphatic carbocycles. The summed E-state index contributed by atoms with van der Waals surface area (Å²) in [7, 11) is 0. The van der Waals surface area contributed by atoms with Gasteiger partial charge in [0.1, 0.15) is 0 Å². The summed E-state index contributed by atoms with van der Waals surface area (Å²) in [5.41, 5.74) is 2.90. The van der Waals surface area contributed by atoms with E-state index in [1.54, 1.807) is 0 Å². The van der Waals surface area contributed by atoms with Crippen LogP contribution in [0.3, 0.4) is 0 Å². The Morgan fingerprint density at radius 3 is 2.47 bits per heavy atom. The monoisotopic (exact) mass is 204 g/mol. The topological polar surface area (TPSA) is 20.2 Å². The van der Waals surface area contributed by atoms with Gasteiger partial charge in [0.25, 0.3) is 0 Å². The molecule has 0 aromatic heterocycles. The zero-order chi connectivity index (χ0) is 11.1. The minimum atomic E-state index is 0.185. The molecule has 0 saturated heterocycles. The summed E-state index contributed by atoms with van der Waals surface area (Å²) in [6.07, 6.45) is 1.17. The fraction of sp³-hybridized carbons (Fsp3) is 0.571. The second kappa shape index (κ2) is 3.64. The third kappa shape index (κ3) is 1.93. The second-order valence-electron chi connectivity index (χ2n) is 5.32. The van der Waals surface area contributed by atoms with Gasteiger partial charge in [-0.3, -0.25) is 0 Å². The molecule has 15 heavy (non-hydrogen) atoms. The van der Waals surface area contributed by atoms with Gasteiger partial charge in [-0.25, -0.2) is 0 Å². The fourth-order valence-corrected chi connectivity index (χ4v) is 2.51. The van der Waals surface area contributed by atoms with Crippen molar-refractivity contribution in [1.82, 2.24) is 0 Å². The Bertz CT molecular complexity index is 341. The molecular weight excluding hydrogens is 184 g/mol. The first-order valence-electron chi connectivity index (χ1n) is 5.74. The molecule has 1 aliphatic rings. The Morgan fingerprint density at radius 2 is 2.00 bits per heavy atom. The molecule has 0 spiro atoms. The van der Waals surface area contributed by atoms with Gasteiger partial charge in [-0.05, 0) is 36.2 Å². The van der Waals surface area contributed by atoms with E-state index in [1.807, 2.05) is 0 Å². The Kier molecular flexibility index (Phi) is 2.59. The van der Waals surface area contributed by atoms with Gasteiger partial charge in [-0.1, -0.05) is 43.7 Å². The molecule has 0 heterocycles. The zero-order valence-electron chi connectivity index (χ0n) is 9.83. The summed E-state index contributed by atoms with van der Waals surface area (Å²) in [6, 6.07) is 8.78. The third-order valence-corrected chi connectivity index (χ3v) is 3.99. The Balaban J connectivity index is 2.10. The van der Waals surface area contributed by atoms with Crippen LogP contribution in [0.25, 0.3) is 0 Å². The molecule has 0 unspecified atom stereocenters. The number of hydrogen-bond acceptors (Lipinski definition) is 1. The summed E-state index contributed by atoms with van der Waals surface area (Å²) in [5.74, 6) is 1.23. The summed E-state index contributed by atoms with van der Waals surface area (Å²) in [5, 5.41) is 9.28. The number of aliphatic hydroxyl groups is 1. The van der Waals surface area contributed by atoms with Crippen LogP contribution in [0.5, 0.6) is 0 Å². The number of rotatable bonds is 3. The molecule has 3 atom stereocenters. The van der Waals surface area contributed by atoms with Crippen LogP contribution in [0.2, 0.25) is 0 Å². The summed E-state index contributed by atoms with van der Waals surface area (Å²) in [6.45, 7) is 6.90. The van der Waals surface area contributed by atoms with Crippen molar-refractivity contribution in [2.45, 2.75) is 33.1 Å². The number of hydrogen-bond donors (Lipinski definition) is 1. The quantitative estimate of drug-likeness (QED) is 0.802. The lowest BCUT2D eigenvalue weighted by molar-refractivity contribution is 0.207. The first kappa shape index (κ1) is 10.7. The summed E-state index contributed by atoms with van der Waals surface area (Å²) < 4.78 is 0. The van der Waals surface area contributed by atoms with Crippen LogP contribution >= 0.6 is 0 Å². The number of aryl methyl sites for hydroxylation is 1. The van der Waals surface area contributed by atoms with Gasteiger partial charge in [-0.15, -0.1) is 0 Å². The maximum Gasteiger partial charge on any atom is 0.0487 e. The smallest absolute Gasteiger partial charge is 0.0487 e. The first-order chi connectivity index (χ1) is 7.07. The van der Waals surface area contributed by atoms with Gasteiger partial charge in [0.2, 0.25) is 0 Å². The van der Waals surface area contributed by atoms with Crippen molar-refractivity contribution in [3.8, 4) is 0 Å². The van der Waals surface area contributed by atoms with Crippen molar-refractivity contribution < 1.29 is 5.11 Å². The molecule has 82 valence electrons. The maximum absolute atomic E-state index is 9.28. The molecule has 1 saturated carbocycles. The molecule has 2 rings (SSSR count). The molecule has 1 nitrogen and oxygen atoms in total. The fourth-order valence-electron chi connectivity index (χ4n) is 2.51. The van der Waals surface area contributed by atoms with E-state index in [-0.39, 0.29) is 5.41 Å². The summed E-state index contributed by atoms with van der Waals surface area (Å²) >= 11 is 0. The SMILES string of the molecule is Cc1ccc([C@@H](C)[C@@H]2C[C@]2(C)CO)cc1. The highest BCUT2D eigenvalue weighted by atomic mass is 16.3. The van der Waals surface area contributed by atoms with Gasteiger partial charge in [0.15, 0.2) is 0 Å². The Labute approximate surface area is 92.1 Å². The minimum Gasteiger partial charge on any atom is -0.396 e. The van der Waals surface area contributed by atoms with Crippen LogP contribution in [0, 0.1) is 18.3 Å². The lowest BCUT2D eigenvalue weighted by atomic mass is 9.91. The highest BCUT2D eigenvalue weighted by Crippen LogP contribution is 2.58. The van der Waals surface area contributed by atoms with Crippen molar-refractivity contribution in [2.75, 3.05) is 6.61 Å². The number of benzene rings is 1. The van der Waals surface area contributed by atoms with Crippen molar-refractivity contribution in [1.29, 1.82) is 0 Å². The highest BCUT2D eigenvalue weighted by molar-refractivity contribution is 5.26. The Morgan fingerprint density at radius 1 is 1.40 bits per heavy atom. The van der Waals surface area contributed by atoms with E-state index in [0.717, 1.165) is 0 Å². The molecule has 1 heteroatoms. The van der Waals surface area contributed by atoms with E-state index < -0.39 is 0 Å². The standard InChI is InChI=1S/C14H20O/c1-10-4-6-12(7-5-10)11(2)13-8-14(13,3)9-15/h4-7,11,13,15H,8-9H2,1-3H3/t11-,13+,14-/m1/s1. The maximum atomic E-state index is 9.28. The van der Waals surface area contributed by atoms with Gasteiger partial charge in [0.05, 0.1) is 0 Å². The zero-order valence-corrected chi connectivity index (χ0v) is 9.83. The lowest BCUT2D eigenvalue weighted by Crippen LogP contribution is -2.08. The molecule has 0 radical (unpaired) electrons. The molecule has 1 aromatic carbocycles. The average molecular weight is 204 g/mol. The van der Waals surface area contributed by atoms with Crippen LogP contribution in [0.1, 0.15) is 37.3 Å². The first-order valence-corrected chi connectivity index (χ1v) is 5.74. The predicted octanol–water partition coefficient (Wildman–Crippen LogP) is 3.12. The van der Waals surface area contributed by atoms with Gasteiger partial charge >= 0.3 is 0 Å². The second-order valence-corrected chi connectivity index (χ2v) is 5.32. The van der Waals surface area contributed by atoms with E-state index in [9.17, 15) is 5.11 Å². The van der Waals surface area contributed by atoms with Crippen molar-refractivity contribution in [2.24, 2.45) is 11.3 Å². The predicted molar refractivity (Wildman–Crippen MR) is 62.9 cm³/mol. The molecule has 0 bridgehead atoms.